The van der Waals surface area contributed by atoms with Crippen molar-refractivity contribution in [1.82, 2.24) is 24.1 Å². The lowest BCUT2D eigenvalue weighted by Crippen LogP contribution is -2.14. The minimum atomic E-state index is -0.130. The molecular formula is C72H45N5O2. The fourth-order valence-electron chi connectivity index (χ4n) is 13.0. The van der Waals surface area contributed by atoms with Crippen LogP contribution in [0, 0.1) is 0 Å². The van der Waals surface area contributed by atoms with E-state index in [9.17, 15) is 0 Å². The molecule has 11 aromatic carbocycles. The largest absolute Gasteiger partial charge is 0.456 e. The van der Waals surface area contributed by atoms with Gasteiger partial charge in [-0.3, -0.25) is 0 Å². The van der Waals surface area contributed by atoms with E-state index in [1.807, 2.05) is 42.5 Å². The first kappa shape index (κ1) is 43.8. The minimum Gasteiger partial charge on any atom is -0.456 e. The van der Waals surface area contributed by atoms with E-state index in [2.05, 4.69) is 217 Å². The molecular weight excluding hydrogens is 967 g/mol. The Labute approximate surface area is 452 Å². The summed E-state index contributed by atoms with van der Waals surface area (Å²) in [6, 6.07) is 84.2. The summed E-state index contributed by atoms with van der Waals surface area (Å²) in [6.45, 7) is 4.71. The number of benzene rings is 11. The van der Waals surface area contributed by atoms with Crippen molar-refractivity contribution in [2.24, 2.45) is 0 Å². The minimum absolute atomic E-state index is 0.130. The van der Waals surface area contributed by atoms with Crippen LogP contribution in [0.2, 0.25) is 0 Å². The van der Waals surface area contributed by atoms with Crippen molar-refractivity contribution in [3.05, 3.63) is 248 Å². The Morgan fingerprint density at radius 3 is 1.71 bits per heavy atom. The van der Waals surface area contributed by atoms with Gasteiger partial charge in [-0.15, -0.1) is 0 Å². The maximum Gasteiger partial charge on any atom is 0.164 e. The summed E-state index contributed by atoms with van der Waals surface area (Å²) in [5.41, 5.74) is 20.0. The summed E-state index contributed by atoms with van der Waals surface area (Å²) < 4.78 is 18.1. The highest BCUT2D eigenvalue weighted by atomic mass is 16.3. The molecule has 0 aliphatic heterocycles. The lowest BCUT2D eigenvalue weighted by Gasteiger charge is -2.21. The molecule has 5 heterocycles. The molecule has 16 aromatic rings. The number of para-hydroxylation sites is 3. The van der Waals surface area contributed by atoms with Crippen LogP contribution in [-0.2, 0) is 5.41 Å². The van der Waals surface area contributed by atoms with E-state index < -0.39 is 0 Å². The lowest BCUT2D eigenvalue weighted by atomic mass is 9.82. The Balaban J connectivity index is 0.802. The van der Waals surface area contributed by atoms with E-state index in [0.717, 1.165) is 94.1 Å². The lowest BCUT2D eigenvalue weighted by molar-refractivity contribution is 0.661. The molecule has 5 aromatic heterocycles. The van der Waals surface area contributed by atoms with Gasteiger partial charge in [-0.05, 0) is 130 Å². The average Bonchev–Trinajstić information content (AvgIpc) is 4.10. The van der Waals surface area contributed by atoms with Crippen molar-refractivity contribution in [2.45, 2.75) is 19.3 Å². The van der Waals surface area contributed by atoms with Gasteiger partial charge in [0, 0.05) is 76.6 Å². The molecule has 0 saturated carbocycles. The maximum atomic E-state index is 6.67. The number of rotatable bonds is 6. The smallest absolute Gasteiger partial charge is 0.164 e. The van der Waals surface area contributed by atoms with E-state index >= 15 is 0 Å². The third-order valence-electron chi connectivity index (χ3n) is 16.8. The Morgan fingerprint density at radius 1 is 0.304 bits per heavy atom. The van der Waals surface area contributed by atoms with Crippen LogP contribution in [0.5, 0.6) is 0 Å². The maximum absolute atomic E-state index is 6.67. The zero-order valence-corrected chi connectivity index (χ0v) is 43.1. The number of aromatic nitrogens is 5. The fraction of sp³-hybridized carbons (Fsp3) is 0.0417. The van der Waals surface area contributed by atoms with E-state index in [1.54, 1.807) is 0 Å². The summed E-state index contributed by atoms with van der Waals surface area (Å²) in [7, 11) is 0. The van der Waals surface area contributed by atoms with Gasteiger partial charge in [-0.2, -0.15) is 0 Å². The molecule has 0 radical (unpaired) electrons. The second-order valence-electron chi connectivity index (χ2n) is 21.5. The second kappa shape index (κ2) is 16.3. The van der Waals surface area contributed by atoms with Crippen molar-refractivity contribution in [3.8, 4) is 67.8 Å². The molecule has 0 bridgehead atoms. The fourth-order valence-corrected chi connectivity index (χ4v) is 13.0. The van der Waals surface area contributed by atoms with E-state index in [1.165, 1.54) is 54.8 Å². The monoisotopic (exact) mass is 1010 g/mol. The highest BCUT2D eigenvalue weighted by molar-refractivity contribution is 6.16. The number of hydrogen-bond acceptors (Lipinski definition) is 5. The zero-order chi connectivity index (χ0) is 52.1. The molecule has 370 valence electrons. The first-order valence-electron chi connectivity index (χ1n) is 26.9. The molecule has 17 rings (SSSR count). The third-order valence-corrected chi connectivity index (χ3v) is 16.8. The molecule has 0 unspecified atom stereocenters. The topological polar surface area (TPSA) is 74.8 Å². The summed E-state index contributed by atoms with van der Waals surface area (Å²) in [5, 5.41) is 8.89. The molecule has 1 aliphatic rings. The Kier molecular flexibility index (Phi) is 9.05. The summed E-state index contributed by atoms with van der Waals surface area (Å²) in [5.74, 6) is 1.67. The number of nitrogens with zero attached hydrogens (tertiary/aromatic N) is 5. The highest BCUT2D eigenvalue weighted by Crippen LogP contribution is 2.51. The molecule has 7 heteroatoms. The Bertz CT molecular complexity index is 5180. The number of hydrogen-bond donors (Lipinski definition) is 0. The van der Waals surface area contributed by atoms with Gasteiger partial charge >= 0.3 is 0 Å². The van der Waals surface area contributed by atoms with Crippen LogP contribution in [0.1, 0.15) is 25.0 Å². The van der Waals surface area contributed by atoms with Crippen molar-refractivity contribution >= 4 is 87.5 Å². The normalized spacial score (nSPS) is 13.0. The third kappa shape index (κ3) is 6.44. The summed E-state index contributed by atoms with van der Waals surface area (Å²) in [4.78, 5) is 15.7. The molecule has 0 saturated heterocycles. The van der Waals surface area contributed by atoms with Gasteiger partial charge in [0.15, 0.2) is 17.5 Å². The molecule has 79 heavy (non-hydrogen) atoms. The van der Waals surface area contributed by atoms with Crippen LogP contribution in [0.25, 0.3) is 155 Å². The average molecular weight is 1010 g/mol. The molecule has 1 aliphatic carbocycles. The van der Waals surface area contributed by atoms with Crippen molar-refractivity contribution in [3.63, 3.8) is 0 Å². The first-order valence-corrected chi connectivity index (χ1v) is 26.9. The van der Waals surface area contributed by atoms with E-state index in [-0.39, 0.29) is 5.41 Å². The van der Waals surface area contributed by atoms with Crippen LogP contribution in [0.3, 0.4) is 0 Å². The molecule has 0 spiro atoms. The summed E-state index contributed by atoms with van der Waals surface area (Å²) >= 11 is 0. The highest BCUT2D eigenvalue weighted by Gasteiger charge is 2.36. The van der Waals surface area contributed by atoms with Gasteiger partial charge in [-0.25, -0.2) is 15.0 Å². The predicted molar refractivity (Wildman–Crippen MR) is 322 cm³/mol. The Morgan fingerprint density at radius 2 is 0.899 bits per heavy atom. The van der Waals surface area contributed by atoms with Crippen LogP contribution in [0.4, 0.5) is 0 Å². The van der Waals surface area contributed by atoms with E-state index in [0.29, 0.717) is 17.5 Å². The molecule has 7 nitrogen and oxygen atoms in total. The van der Waals surface area contributed by atoms with Crippen LogP contribution >= 0.6 is 0 Å². The first-order chi connectivity index (χ1) is 38.9. The SMILES string of the molecule is CC1(C)c2ccccc2-c2cc3c(cc21)c1cc(-c2ccc4oc5cccc(-c6nc(-c7ccccc7)nc(-c7ccc8c(c7)oc7ccc(-n9c%10ccccc%10c%10ccccc%109)cc78)n6)c5c4c2)ccc1n3-c1ccccc1. The van der Waals surface area contributed by atoms with Crippen molar-refractivity contribution in [2.75, 3.05) is 0 Å². The predicted octanol–water partition coefficient (Wildman–Crippen LogP) is 18.8. The van der Waals surface area contributed by atoms with Crippen molar-refractivity contribution in [1.29, 1.82) is 0 Å². The summed E-state index contributed by atoms with van der Waals surface area (Å²) in [6.07, 6.45) is 0. The molecule has 0 fully saturated rings. The Hall–Kier alpha value is -10.4. The standard InChI is InChI=1S/C72H45N5O2/c1-72(2)58-24-12-9-20-48(58)53-41-63-55(40-59(53)72)54-36-43(29-33-62(54)76(63)46-18-7-4-8-19-46)44-30-34-65-57(37-44)68-52(23-15-27-66(68)78-65)71-74-69(42-16-5-3-6-17-42)73-70(75-71)45-28-32-51-56-39-47(31-35-64(56)79-67(51)38-45)77-60-25-13-10-21-49(60)50-22-11-14-26-61(50)77/h3-41H,1-2H3. The van der Waals surface area contributed by atoms with Gasteiger partial charge in [-0.1, -0.05) is 153 Å². The molecule has 0 atom stereocenters. The van der Waals surface area contributed by atoms with Gasteiger partial charge < -0.3 is 18.0 Å². The molecule has 0 amide bonds. The van der Waals surface area contributed by atoms with Gasteiger partial charge in [0.1, 0.15) is 22.3 Å². The van der Waals surface area contributed by atoms with Crippen LogP contribution in [0.15, 0.2) is 245 Å². The van der Waals surface area contributed by atoms with Gasteiger partial charge in [0.05, 0.1) is 22.1 Å². The van der Waals surface area contributed by atoms with Gasteiger partial charge in [0.25, 0.3) is 0 Å². The van der Waals surface area contributed by atoms with Crippen LogP contribution < -0.4 is 0 Å². The second-order valence-corrected chi connectivity index (χ2v) is 21.5. The van der Waals surface area contributed by atoms with Gasteiger partial charge in [0.2, 0.25) is 0 Å². The number of fused-ring (bicyclic) bond motifs is 15. The zero-order valence-electron chi connectivity index (χ0n) is 43.1. The van der Waals surface area contributed by atoms with Crippen LogP contribution in [-0.4, -0.2) is 24.1 Å². The number of furan rings is 2. The van der Waals surface area contributed by atoms with Crippen molar-refractivity contribution < 1.29 is 8.83 Å². The molecule has 0 N–H and O–H groups in total. The van der Waals surface area contributed by atoms with E-state index in [4.69, 9.17) is 23.8 Å². The quantitative estimate of drug-likeness (QED) is 0.166.